The third-order valence-electron chi connectivity index (χ3n) is 0.830. The molecular weight excluding hydrogens is 140 g/mol. The number of ether oxygens (including phenoxy) is 1. The van der Waals surface area contributed by atoms with E-state index in [1.807, 2.05) is 6.92 Å². The largest absolute Gasteiger partial charge is 0.391 e. The van der Waals surface area contributed by atoms with Crippen molar-refractivity contribution in [3.8, 4) is 0 Å². The molecule has 2 nitrogen and oxygen atoms in total. The van der Waals surface area contributed by atoms with Crippen LogP contribution in [0.4, 0.5) is 0 Å². The van der Waals surface area contributed by atoms with Crippen molar-refractivity contribution >= 4 is 0 Å². The molecule has 0 aromatic carbocycles. The van der Waals surface area contributed by atoms with Crippen LogP contribution in [0.15, 0.2) is 0 Å². The van der Waals surface area contributed by atoms with Crippen molar-refractivity contribution in [3.05, 3.63) is 0 Å². The minimum Gasteiger partial charge on any atom is -0.391 e. The predicted octanol–water partition coefficient (Wildman–Crippen LogP) is 0.401. The van der Waals surface area contributed by atoms with Gasteiger partial charge in [-0.05, 0) is 6.42 Å². The van der Waals surface area contributed by atoms with E-state index in [0.717, 1.165) is 6.42 Å². The summed E-state index contributed by atoms with van der Waals surface area (Å²) in [5, 5.41) is 8.73. The summed E-state index contributed by atoms with van der Waals surface area (Å²) in [5.74, 6) is 0. The maximum Gasteiger partial charge on any atom is 0.0770 e. The van der Waals surface area contributed by atoms with Crippen molar-refractivity contribution < 1.29 is 31.6 Å². The van der Waals surface area contributed by atoms with E-state index in [2.05, 4.69) is 4.74 Å². The normalized spacial score (nSPS) is 12.4. The van der Waals surface area contributed by atoms with Crippen LogP contribution in [0.3, 0.4) is 0 Å². The topological polar surface area (TPSA) is 29.5 Å². The molecule has 48 valence electrons. The third-order valence-corrected chi connectivity index (χ3v) is 0.830. The van der Waals surface area contributed by atoms with Gasteiger partial charge in [0.15, 0.2) is 0 Å². The third kappa shape index (κ3) is 6.63. The van der Waals surface area contributed by atoms with E-state index in [4.69, 9.17) is 5.11 Å². The Kier molecular flexibility index (Phi) is 10.9. The molecule has 0 radical (unpaired) electrons. The first-order valence-corrected chi connectivity index (χ1v) is 2.48. The predicted molar refractivity (Wildman–Crippen MR) is 28.2 cm³/mol. The summed E-state index contributed by atoms with van der Waals surface area (Å²) in [4.78, 5) is 0. The monoisotopic (exact) mass is 152 g/mol. The van der Waals surface area contributed by atoms with Crippen LogP contribution in [-0.2, 0) is 26.5 Å². The molecule has 0 saturated carbocycles. The minimum atomic E-state index is -0.273. The molecule has 0 aliphatic carbocycles. The van der Waals surface area contributed by atoms with Gasteiger partial charge in [0.05, 0.1) is 12.7 Å². The Labute approximate surface area is 65.1 Å². The van der Waals surface area contributed by atoms with Crippen LogP contribution in [0.5, 0.6) is 0 Å². The molecule has 0 bridgehead atoms. The Morgan fingerprint density at radius 2 is 2.12 bits per heavy atom. The second-order valence-corrected chi connectivity index (χ2v) is 1.52. The summed E-state index contributed by atoms with van der Waals surface area (Å²) in [6, 6.07) is 0. The Hall–Kier alpha value is 0.634. The van der Waals surface area contributed by atoms with Gasteiger partial charge in [-0.1, -0.05) is 6.92 Å². The smallest absolute Gasteiger partial charge is 0.0770 e. The first-order valence-electron chi connectivity index (χ1n) is 2.48. The van der Waals surface area contributed by atoms with Gasteiger partial charge in [-0.15, -0.1) is 0 Å². The van der Waals surface area contributed by atoms with Gasteiger partial charge in [0.2, 0.25) is 0 Å². The maximum atomic E-state index is 8.73. The number of methoxy groups -OCH3 is 1. The molecule has 0 saturated heterocycles. The van der Waals surface area contributed by atoms with Crippen molar-refractivity contribution in [2.24, 2.45) is 0 Å². The molecule has 1 N–H and O–H groups in total. The van der Waals surface area contributed by atoms with E-state index in [1.54, 1.807) is 7.11 Å². The molecule has 0 heterocycles. The van der Waals surface area contributed by atoms with Gasteiger partial charge in [-0.25, -0.2) is 0 Å². The fourth-order valence-electron chi connectivity index (χ4n) is 0.310. The molecule has 0 aliphatic rings. The van der Waals surface area contributed by atoms with Crippen LogP contribution in [-0.4, -0.2) is 24.9 Å². The average molecular weight is 152 g/mol. The van der Waals surface area contributed by atoms with Gasteiger partial charge in [-0.3, -0.25) is 0 Å². The molecule has 0 fully saturated rings. The van der Waals surface area contributed by atoms with Crippen molar-refractivity contribution in [3.63, 3.8) is 0 Å². The van der Waals surface area contributed by atoms with E-state index in [9.17, 15) is 0 Å². The van der Waals surface area contributed by atoms with Crippen molar-refractivity contribution in [1.29, 1.82) is 0 Å². The maximum absolute atomic E-state index is 8.73. The van der Waals surface area contributed by atoms with E-state index >= 15 is 0 Å². The van der Waals surface area contributed by atoms with Gasteiger partial charge < -0.3 is 9.84 Å². The summed E-state index contributed by atoms with van der Waals surface area (Å²) in [6.45, 7) is 2.38. The second kappa shape index (κ2) is 7.63. The van der Waals surface area contributed by atoms with Crippen molar-refractivity contribution in [1.82, 2.24) is 0 Å². The van der Waals surface area contributed by atoms with E-state index in [-0.39, 0.29) is 27.8 Å². The quantitative estimate of drug-likeness (QED) is 0.593. The summed E-state index contributed by atoms with van der Waals surface area (Å²) in [5.41, 5.74) is 0. The van der Waals surface area contributed by atoms with Crippen molar-refractivity contribution in [2.45, 2.75) is 19.4 Å². The minimum absolute atomic E-state index is 0. The zero-order valence-corrected chi connectivity index (χ0v) is 6.91. The second-order valence-electron chi connectivity index (χ2n) is 1.52. The summed E-state index contributed by atoms with van der Waals surface area (Å²) < 4.78 is 4.64. The standard InChI is InChI=1S/C5H12O2.Ti/c1-3-5(6)4-7-2;/h5-6H,3-4H2,1-2H3;. The van der Waals surface area contributed by atoms with Crippen LogP contribution >= 0.6 is 0 Å². The van der Waals surface area contributed by atoms with E-state index in [0.29, 0.717) is 6.61 Å². The summed E-state index contributed by atoms with van der Waals surface area (Å²) >= 11 is 0. The summed E-state index contributed by atoms with van der Waals surface area (Å²) in [6.07, 6.45) is 0.499. The Morgan fingerprint density at radius 3 is 2.25 bits per heavy atom. The van der Waals surface area contributed by atoms with Crippen LogP contribution in [0.1, 0.15) is 13.3 Å². The fraction of sp³-hybridized carbons (Fsp3) is 1.00. The summed E-state index contributed by atoms with van der Waals surface area (Å²) in [7, 11) is 1.58. The first-order chi connectivity index (χ1) is 3.31. The molecule has 0 aliphatic heterocycles. The zero-order chi connectivity index (χ0) is 5.70. The Balaban J connectivity index is 0. The molecule has 0 amide bonds. The Bertz CT molecular complexity index is 41.4. The molecule has 0 spiro atoms. The average Bonchev–Trinajstić information content (AvgIpc) is 1.68. The number of aliphatic hydroxyl groups is 1. The molecule has 1 atom stereocenters. The Morgan fingerprint density at radius 1 is 1.62 bits per heavy atom. The number of aliphatic hydroxyl groups excluding tert-OH is 1. The van der Waals surface area contributed by atoms with Crippen LogP contribution in [0, 0.1) is 0 Å². The molecule has 8 heavy (non-hydrogen) atoms. The van der Waals surface area contributed by atoms with Crippen LogP contribution in [0.25, 0.3) is 0 Å². The van der Waals surface area contributed by atoms with E-state index in [1.165, 1.54) is 0 Å². The van der Waals surface area contributed by atoms with Gasteiger partial charge >= 0.3 is 0 Å². The number of rotatable bonds is 3. The SMILES string of the molecule is CCC(O)COC.[Ti]. The van der Waals surface area contributed by atoms with Gasteiger partial charge in [0.25, 0.3) is 0 Å². The molecule has 0 aromatic heterocycles. The number of hydrogen-bond acceptors (Lipinski definition) is 2. The molecule has 1 unspecified atom stereocenters. The van der Waals surface area contributed by atoms with Gasteiger partial charge in [0.1, 0.15) is 0 Å². The van der Waals surface area contributed by atoms with Crippen LogP contribution in [0.2, 0.25) is 0 Å². The first kappa shape index (κ1) is 11.4. The molecular formula is C5H12O2Ti. The van der Waals surface area contributed by atoms with Gasteiger partial charge in [-0.2, -0.15) is 0 Å². The number of hydrogen-bond donors (Lipinski definition) is 1. The van der Waals surface area contributed by atoms with Gasteiger partial charge in [0, 0.05) is 28.8 Å². The zero-order valence-electron chi connectivity index (χ0n) is 5.35. The molecule has 3 heteroatoms. The van der Waals surface area contributed by atoms with Crippen LogP contribution < -0.4 is 0 Å². The fourth-order valence-corrected chi connectivity index (χ4v) is 0.310. The molecule has 0 rings (SSSR count). The molecule has 0 aromatic rings. The van der Waals surface area contributed by atoms with Crippen molar-refractivity contribution in [2.75, 3.05) is 13.7 Å². The van der Waals surface area contributed by atoms with E-state index < -0.39 is 0 Å².